The van der Waals surface area contributed by atoms with Gasteiger partial charge in [0, 0.05) is 26.7 Å². The van der Waals surface area contributed by atoms with E-state index in [1.54, 1.807) is 12.0 Å². The maximum atomic E-state index is 11.7. The molecule has 1 aliphatic rings. The monoisotopic (exact) mass is 214 g/mol. The number of ether oxygens (including phenoxy) is 1. The second kappa shape index (κ2) is 5.47. The summed E-state index contributed by atoms with van der Waals surface area (Å²) < 4.78 is 5.15. The SMILES string of the molecule is COCC(NC1CCN(C)C1=O)C(C)C. The first kappa shape index (κ1) is 12.5. The molecule has 2 atom stereocenters. The van der Waals surface area contributed by atoms with Crippen molar-refractivity contribution < 1.29 is 9.53 Å². The van der Waals surface area contributed by atoms with Crippen LogP contribution >= 0.6 is 0 Å². The minimum Gasteiger partial charge on any atom is -0.383 e. The molecule has 88 valence electrons. The quantitative estimate of drug-likeness (QED) is 0.723. The fourth-order valence-corrected chi connectivity index (χ4v) is 1.85. The molecule has 1 rings (SSSR count). The Labute approximate surface area is 92.0 Å². The zero-order valence-electron chi connectivity index (χ0n) is 10.1. The highest BCUT2D eigenvalue weighted by Gasteiger charge is 2.31. The van der Waals surface area contributed by atoms with Crippen LogP contribution in [0.3, 0.4) is 0 Å². The van der Waals surface area contributed by atoms with Gasteiger partial charge in [0.2, 0.25) is 5.91 Å². The Kier molecular flexibility index (Phi) is 4.54. The number of nitrogens with zero attached hydrogens (tertiary/aromatic N) is 1. The van der Waals surface area contributed by atoms with E-state index in [2.05, 4.69) is 19.2 Å². The van der Waals surface area contributed by atoms with E-state index in [0.717, 1.165) is 13.0 Å². The van der Waals surface area contributed by atoms with E-state index in [0.29, 0.717) is 12.5 Å². The number of carbonyl (C=O) groups excluding carboxylic acids is 1. The Bertz CT molecular complexity index is 219. The number of likely N-dealkylation sites (tertiary alicyclic amines) is 1. The van der Waals surface area contributed by atoms with Crippen LogP contribution in [0.2, 0.25) is 0 Å². The largest absolute Gasteiger partial charge is 0.383 e. The molecule has 0 aromatic carbocycles. The fraction of sp³-hybridized carbons (Fsp3) is 0.909. The van der Waals surface area contributed by atoms with Crippen molar-refractivity contribution in [3.63, 3.8) is 0 Å². The lowest BCUT2D eigenvalue weighted by atomic mass is 10.0. The molecule has 2 unspecified atom stereocenters. The molecule has 4 heteroatoms. The van der Waals surface area contributed by atoms with Crippen LogP contribution in [-0.2, 0) is 9.53 Å². The van der Waals surface area contributed by atoms with Gasteiger partial charge in [0.15, 0.2) is 0 Å². The minimum atomic E-state index is -0.0162. The summed E-state index contributed by atoms with van der Waals surface area (Å²) in [6.07, 6.45) is 0.905. The molecule has 0 aromatic rings. The maximum Gasteiger partial charge on any atom is 0.239 e. The smallest absolute Gasteiger partial charge is 0.239 e. The molecule has 0 aromatic heterocycles. The first-order valence-electron chi connectivity index (χ1n) is 5.56. The summed E-state index contributed by atoms with van der Waals surface area (Å²) in [6, 6.07) is 0.244. The molecule has 0 aliphatic carbocycles. The summed E-state index contributed by atoms with van der Waals surface area (Å²) in [5, 5.41) is 3.38. The third-order valence-electron chi connectivity index (χ3n) is 2.99. The van der Waals surface area contributed by atoms with Crippen LogP contribution in [0.5, 0.6) is 0 Å². The van der Waals surface area contributed by atoms with Crippen LogP contribution in [0.4, 0.5) is 0 Å². The lowest BCUT2D eigenvalue weighted by molar-refractivity contribution is -0.128. The molecule has 1 N–H and O–H groups in total. The van der Waals surface area contributed by atoms with Crippen LogP contribution in [0.15, 0.2) is 0 Å². The van der Waals surface area contributed by atoms with Gasteiger partial charge in [-0.1, -0.05) is 13.8 Å². The lowest BCUT2D eigenvalue weighted by Gasteiger charge is -2.24. The molecule has 1 fully saturated rings. The molecular formula is C11H22N2O2. The number of nitrogens with one attached hydrogen (secondary N) is 1. The topological polar surface area (TPSA) is 41.6 Å². The average molecular weight is 214 g/mol. The van der Waals surface area contributed by atoms with Crippen LogP contribution in [0.1, 0.15) is 20.3 Å². The summed E-state index contributed by atoms with van der Waals surface area (Å²) >= 11 is 0. The summed E-state index contributed by atoms with van der Waals surface area (Å²) in [4.78, 5) is 13.5. The summed E-state index contributed by atoms with van der Waals surface area (Å²) in [7, 11) is 3.55. The molecule has 0 saturated carbocycles. The zero-order valence-corrected chi connectivity index (χ0v) is 10.1. The number of rotatable bonds is 5. The van der Waals surface area contributed by atoms with Gasteiger partial charge in [-0.25, -0.2) is 0 Å². The van der Waals surface area contributed by atoms with Gasteiger partial charge in [-0.05, 0) is 12.3 Å². The highest BCUT2D eigenvalue weighted by atomic mass is 16.5. The Hall–Kier alpha value is -0.610. The zero-order chi connectivity index (χ0) is 11.4. The Morgan fingerprint density at radius 1 is 1.60 bits per heavy atom. The number of methoxy groups -OCH3 is 1. The number of likely N-dealkylation sites (N-methyl/N-ethyl adjacent to an activating group) is 1. The number of amides is 1. The first-order valence-corrected chi connectivity index (χ1v) is 5.56. The van der Waals surface area contributed by atoms with Crippen LogP contribution in [0, 0.1) is 5.92 Å². The van der Waals surface area contributed by atoms with Gasteiger partial charge in [-0.15, -0.1) is 0 Å². The van der Waals surface area contributed by atoms with Gasteiger partial charge < -0.3 is 15.0 Å². The summed E-state index contributed by atoms with van der Waals surface area (Å²) in [6.45, 7) is 5.79. The Morgan fingerprint density at radius 2 is 2.27 bits per heavy atom. The molecular weight excluding hydrogens is 192 g/mol. The second-order valence-electron chi connectivity index (χ2n) is 4.57. The van der Waals surface area contributed by atoms with Crippen molar-refractivity contribution in [3.8, 4) is 0 Å². The van der Waals surface area contributed by atoms with Gasteiger partial charge in [-0.3, -0.25) is 4.79 Å². The van der Waals surface area contributed by atoms with Crippen molar-refractivity contribution in [1.29, 1.82) is 0 Å². The third kappa shape index (κ3) is 3.18. The van der Waals surface area contributed by atoms with Crippen molar-refractivity contribution in [3.05, 3.63) is 0 Å². The van der Waals surface area contributed by atoms with Crippen molar-refractivity contribution >= 4 is 5.91 Å². The van der Waals surface area contributed by atoms with Crippen molar-refractivity contribution in [2.75, 3.05) is 27.3 Å². The Balaban J connectivity index is 2.48. The summed E-state index contributed by atoms with van der Waals surface area (Å²) in [5.74, 6) is 0.681. The van der Waals surface area contributed by atoms with E-state index in [1.165, 1.54) is 0 Å². The van der Waals surface area contributed by atoms with E-state index in [9.17, 15) is 4.79 Å². The number of hydrogen-bond acceptors (Lipinski definition) is 3. The predicted octanol–water partition coefficient (Wildman–Crippen LogP) is 0.478. The molecule has 1 aliphatic heterocycles. The van der Waals surface area contributed by atoms with Gasteiger partial charge in [0.25, 0.3) is 0 Å². The standard InChI is InChI=1S/C11H22N2O2/c1-8(2)10(7-15-4)12-9-5-6-13(3)11(9)14/h8-10,12H,5-7H2,1-4H3. The normalized spacial score (nSPS) is 23.9. The van der Waals surface area contributed by atoms with E-state index < -0.39 is 0 Å². The third-order valence-corrected chi connectivity index (χ3v) is 2.99. The highest BCUT2D eigenvalue weighted by molar-refractivity contribution is 5.83. The molecule has 1 amide bonds. The Morgan fingerprint density at radius 3 is 2.67 bits per heavy atom. The van der Waals surface area contributed by atoms with Gasteiger partial charge >= 0.3 is 0 Å². The minimum absolute atomic E-state index is 0.0162. The van der Waals surface area contributed by atoms with Gasteiger partial charge in [-0.2, -0.15) is 0 Å². The molecule has 4 nitrogen and oxygen atoms in total. The summed E-state index contributed by atoms with van der Waals surface area (Å²) in [5.41, 5.74) is 0. The van der Waals surface area contributed by atoms with Crippen molar-refractivity contribution in [2.24, 2.45) is 5.92 Å². The predicted molar refractivity (Wildman–Crippen MR) is 59.7 cm³/mol. The maximum absolute atomic E-state index is 11.7. The van der Waals surface area contributed by atoms with E-state index in [1.807, 2.05) is 7.05 Å². The van der Waals surface area contributed by atoms with Gasteiger partial charge in [0.05, 0.1) is 12.6 Å². The second-order valence-corrected chi connectivity index (χ2v) is 4.57. The van der Waals surface area contributed by atoms with Crippen LogP contribution < -0.4 is 5.32 Å². The van der Waals surface area contributed by atoms with Crippen molar-refractivity contribution in [1.82, 2.24) is 10.2 Å². The number of carbonyl (C=O) groups is 1. The average Bonchev–Trinajstić information content (AvgIpc) is 2.48. The van der Waals surface area contributed by atoms with Crippen molar-refractivity contribution in [2.45, 2.75) is 32.4 Å². The fourth-order valence-electron chi connectivity index (χ4n) is 1.85. The van der Waals surface area contributed by atoms with E-state index in [-0.39, 0.29) is 18.0 Å². The van der Waals surface area contributed by atoms with E-state index in [4.69, 9.17) is 4.74 Å². The molecule has 0 bridgehead atoms. The molecule has 15 heavy (non-hydrogen) atoms. The van der Waals surface area contributed by atoms with Gasteiger partial charge in [0.1, 0.15) is 0 Å². The highest BCUT2D eigenvalue weighted by Crippen LogP contribution is 2.12. The lowest BCUT2D eigenvalue weighted by Crippen LogP contribution is -2.47. The van der Waals surface area contributed by atoms with Crippen LogP contribution in [-0.4, -0.2) is 50.2 Å². The molecule has 1 heterocycles. The van der Waals surface area contributed by atoms with Crippen LogP contribution in [0.25, 0.3) is 0 Å². The molecule has 1 saturated heterocycles. The molecule has 0 spiro atoms. The first-order chi connectivity index (χ1) is 7.06. The number of hydrogen-bond donors (Lipinski definition) is 1. The molecule has 0 radical (unpaired) electrons. The van der Waals surface area contributed by atoms with E-state index >= 15 is 0 Å².